The zero-order valence-electron chi connectivity index (χ0n) is 67.9. The van der Waals surface area contributed by atoms with Gasteiger partial charge in [0.2, 0.25) is 0 Å². The monoisotopic (exact) mass is 1560 g/mol. The van der Waals surface area contributed by atoms with E-state index in [0.29, 0.717) is 6.42 Å². The lowest BCUT2D eigenvalue weighted by atomic mass is 9.82. The Morgan fingerprint density at radius 3 is 0.813 bits per heavy atom. The summed E-state index contributed by atoms with van der Waals surface area (Å²) >= 11 is 0. The maximum atomic E-state index is 5.23. The number of nitrogens with zero attached hydrogens (tertiary/aromatic N) is 3. The molecule has 3 heteroatoms. The molecule has 0 unspecified atom stereocenters. The van der Waals surface area contributed by atoms with Crippen LogP contribution in [0.15, 0.2) is 419 Å². The van der Waals surface area contributed by atoms with Crippen molar-refractivity contribution in [2.75, 3.05) is 0 Å². The number of aryl methyl sites for hydroxylation is 1. The first-order valence-corrected chi connectivity index (χ1v) is 42.6. The second kappa shape index (κ2) is 29.0. The Balaban J connectivity index is 0.682. The van der Waals surface area contributed by atoms with E-state index in [-0.39, 0.29) is 0 Å². The summed E-state index contributed by atoms with van der Waals surface area (Å²) in [6.45, 7) is 4.34. The van der Waals surface area contributed by atoms with E-state index in [1.54, 1.807) is 0 Å². The van der Waals surface area contributed by atoms with Gasteiger partial charge in [0.25, 0.3) is 0 Å². The molecule has 3 aromatic heterocycles. The average molecular weight is 1560 g/mol. The van der Waals surface area contributed by atoms with Crippen molar-refractivity contribution in [3.63, 3.8) is 0 Å². The summed E-state index contributed by atoms with van der Waals surface area (Å²) in [6.07, 6.45) is 11.0. The zero-order chi connectivity index (χ0) is 81.3. The van der Waals surface area contributed by atoms with Crippen LogP contribution in [0, 0.1) is 13.8 Å². The molecule has 0 spiro atoms. The molecule has 21 aromatic carbocycles. The molecular formula is C120H77N3. The van der Waals surface area contributed by atoms with Crippen molar-refractivity contribution in [1.29, 1.82) is 0 Å². The highest BCUT2D eigenvalue weighted by Gasteiger charge is 2.26. The minimum atomic E-state index is 0.661. The normalized spacial score (nSPS) is 11.9. The van der Waals surface area contributed by atoms with Crippen molar-refractivity contribution in [3.05, 3.63) is 442 Å². The fourth-order valence-electron chi connectivity index (χ4n) is 20.1. The van der Waals surface area contributed by atoms with Gasteiger partial charge >= 0.3 is 0 Å². The molecule has 0 saturated heterocycles. The SMILES string of the molecule is Cc1ccc(-c2ccc3c(-c4ccc5ccccc5c4)c4ccc(Cc5cncc(-c6ccc7c(-c8ccc9ccccc9c8)c8ccc(-c9cncc(-c%10ccc%11c(-c%12ccc%13ccccc%13c%12)c%12ccccc%12c(-c%12ccc%13ccccc%13c%12)c%11c%10)c9C)cc8c(-c8ccc9ccccc9c8)c7c6)c5)cc4c(-c4ccc5ccccc5c4)c3c2)cn1. The fraction of sp³-hybridized carbons (Fsp3) is 0.0250. The predicted octanol–water partition coefficient (Wildman–Crippen LogP) is 32.6. The highest BCUT2D eigenvalue weighted by atomic mass is 14.7. The summed E-state index contributed by atoms with van der Waals surface area (Å²) < 4.78 is 0. The third kappa shape index (κ3) is 12.3. The Hall–Kier alpha value is -15.8. The lowest BCUT2D eigenvalue weighted by Gasteiger charge is -2.21. The summed E-state index contributed by atoms with van der Waals surface area (Å²) in [5.41, 5.74) is 27.5. The van der Waals surface area contributed by atoms with Crippen LogP contribution >= 0.6 is 0 Å². The first-order valence-electron chi connectivity index (χ1n) is 42.6. The molecular weight excluding hydrogens is 1480 g/mol. The zero-order valence-corrected chi connectivity index (χ0v) is 67.9. The van der Waals surface area contributed by atoms with Crippen LogP contribution in [0.2, 0.25) is 0 Å². The van der Waals surface area contributed by atoms with Crippen LogP contribution in [0.1, 0.15) is 22.4 Å². The fourth-order valence-corrected chi connectivity index (χ4v) is 20.1. The van der Waals surface area contributed by atoms with Crippen molar-refractivity contribution in [1.82, 2.24) is 15.0 Å². The number of rotatable bonds is 12. The van der Waals surface area contributed by atoms with Crippen LogP contribution < -0.4 is 0 Å². The molecule has 123 heavy (non-hydrogen) atoms. The van der Waals surface area contributed by atoms with E-state index in [4.69, 9.17) is 15.0 Å². The molecule has 0 aliphatic rings. The highest BCUT2D eigenvalue weighted by molar-refractivity contribution is 6.27. The molecule has 0 bridgehead atoms. The lowest BCUT2D eigenvalue weighted by molar-refractivity contribution is 1.15. The lowest BCUT2D eigenvalue weighted by Crippen LogP contribution is -1.96. The maximum absolute atomic E-state index is 5.23. The van der Waals surface area contributed by atoms with Crippen LogP contribution in [0.25, 0.3) is 241 Å². The van der Waals surface area contributed by atoms with Crippen LogP contribution in [-0.2, 0) is 6.42 Å². The molecule has 0 amide bonds. The quantitative estimate of drug-likeness (QED) is 0.114. The number of benzene rings is 21. The molecule has 0 aliphatic carbocycles. The number of hydrogen-bond acceptors (Lipinski definition) is 3. The van der Waals surface area contributed by atoms with Crippen LogP contribution in [0.5, 0.6) is 0 Å². The van der Waals surface area contributed by atoms with Crippen molar-refractivity contribution in [2.45, 2.75) is 20.3 Å². The molecule has 0 saturated carbocycles. The minimum absolute atomic E-state index is 0.661. The summed E-state index contributed by atoms with van der Waals surface area (Å²) in [7, 11) is 0. The standard InChI is InChI=1S/C120H77N3/c1-73-31-33-99(70-123-73)89-46-51-104-109(64-89)119(97-44-38-81-21-7-13-27-87(81)62-97)108-57-75(32-50-103(108)116(104)94-41-35-78-18-4-10-24-84(78)59-94)55-76-56-100(69-121-68-76)90-47-52-105-110(65-90)120(98-45-39-82-22-8-14-28-88(82)63-98)112-67-92(49-54-107(112)117(105)95-42-36-79-19-5-11-25-85(79)60-95)114-72-122-71-113(74(114)2)91-48-53-106-111(66-91)118(96-43-37-80-20-6-12-26-86(80)61-96)102-30-16-15-29-101(102)115(106)93-40-34-77-17-3-9-23-83(77)58-93/h3-54,56-72H,55H2,1-2H3. The Morgan fingerprint density at radius 2 is 0.447 bits per heavy atom. The van der Waals surface area contributed by atoms with E-state index < -0.39 is 0 Å². The van der Waals surface area contributed by atoms with Gasteiger partial charge in [-0.3, -0.25) is 15.0 Å². The van der Waals surface area contributed by atoms with Gasteiger partial charge < -0.3 is 0 Å². The first kappa shape index (κ1) is 71.3. The molecule has 572 valence electrons. The summed E-state index contributed by atoms with van der Waals surface area (Å²) in [6, 6.07) is 146. The molecule has 0 fully saturated rings. The second-order valence-electron chi connectivity index (χ2n) is 33.4. The number of aromatic nitrogens is 3. The van der Waals surface area contributed by atoms with E-state index in [0.717, 1.165) is 83.2 Å². The molecule has 0 radical (unpaired) electrons. The second-order valence-corrected chi connectivity index (χ2v) is 33.4. The summed E-state index contributed by atoms with van der Waals surface area (Å²) in [4.78, 5) is 15.2. The van der Waals surface area contributed by atoms with E-state index in [2.05, 4.69) is 427 Å². The van der Waals surface area contributed by atoms with Crippen molar-refractivity contribution in [2.24, 2.45) is 0 Å². The van der Waals surface area contributed by atoms with Crippen molar-refractivity contribution >= 4 is 129 Å². The Bertz CT molecular complexity index is 8560. The molecule has 3 heterocycles. The highest BCUT2D eigenvalue weighted by Crippen LogP contribution is 2.52. The largest absolute Gasteiger partial charge is 0.264 e. The van der Waals surface area contributed by atoms with E-state index in [9.17, 15) is 0 Å². The topological polar surface area (TPSA) is 38.7 Å². The Morgan fingerprint density at radius 1 is 0.171 bits per heavy atom. The van der Waals surface area contributed by atoms with Gasteiger partial charge in [0, 0.05) is 58.9 Å². The van der Waals surface area contributed by atoms with Gasteiger partial charge in [-0.1, -0.05) is 315 Å². The predicted molar refractivity (Wildman–Crippen MR) is 523 cm³/mol. The van der Waals surface area contributed by atoms with Gasteiger partial charge in [-0.2, -0.15) is 0 Å². The van der Waals surface area contributed by atoms with Crippen LogP contribution in [0.4, 0.5) is 0 Å². The van der Waals surface area contributed by atoms with E-state index >= 15 is 0 Å². The van der Waals surface area contributed by atoms with Gasteiger partial charge in [-0.15, -0.1) is 0 Å². The van der Waals surface area contributed by atoms with Gasteiger partial charge in [-0.05, 0) is 328 Å². The minimum Gasteiger partial charge on any atom is -0.264 e. The van der Waals surface area contributed by atoms with Gasteiger partial charge in [0.05, 0.1) is 0 Å². The number of fused-ring (bicyclic) bond motifs is 12. The molecule has 0 aliphatic heterocycles. The third-order valence-corrected chi connectivity index (χ3v) is 26.2. The van der Waals surface area contributed by atoms with Gasteiger partial charge in [0.1, 0.15) is 0 Å². The molecule has 24 rings (SSSR count). The van der Waals surface area contributed by atoms with E-state index in [1.807, 2.05) is 6.20 Å². The van der Waals surface area contributed by atoms with E-state index in [1.165, 1.54) is 180 Å². The van der Waals surface area contributed by atoms with Crippen LogP contribution in [-0.4, -0.2) is 15.0 Å². The maximum Gasteiger partial charge on any atom is 0.0373 e. The summed E-state index contributed by atoms with van der Waals surface area (Å²) in [5, 5.41) is 28.8. The smallest absolute Gasteiger partial charge is 0.0373 e. The molecule has 3 nitrogen and oxygen atoms in total. The molecule has 24 aromatic rings. The Kier molecular flexibility index (Phi) is 16.8. The first-order chi connectivity index (χ1) is 60.7. The van der Waals surface area contributed by atoms with Crippen molar-refractivity contribution < 1.29 is 0 Å². The van der Waals surface area contributed by atoms with Gasteiger partial charge in [-0.25, -0.2) is 0 Å². The van der Waals surface area contributed by atoms with Crippen LogP contribution in [0.3, 0.4) is 0 Å². The Labute approximate surface area is 712 Å². The molecule has 0 atom stereocenters. The number of pyridine rings is 3. The average Bonchev–Trinajstić information content (AvgIpc) is 1.55. The van der Waals surface area contributed by atoms with Crippen molar-refractivity contribution in [3.8, 4) is 111 Å². The third-order valence-electron chi connectivity index (χ3n) is 26.2. The molecule has 0 N–H and O–H groups in total. The number of hydrogen-bond donors (Lipinski definition) is 0. The van der Waals surface area contributed by atoms with Gasteiger partial charge in [0.15, 0.2) is 0 Å². The summed E-state index contributed by atoms with van der Waals surface area (Å²) in [5.74, 6) is 0.